The molecular formula is C21H23N5O3. The van der Waals surface area contributed by atoms with Crippen LogP contribution in [-0.2, 0) is 11.8 Å². The zero-order valence-electron chi connectivity index (χ0n) is 16.3. The topological polar surface area (TPSA) is 100 Å². The lowest BCUT2D eigenvalue weighted by molar-refractivity contribution is -0.117. The number of nitrogens with one attached hydrogen (secondary N) is 1. The highest BCUT2D eigenvalue weighted by atomic mass is 16.5. The van der Waals surface area contributed by atoms with Gasteiger partial charge in [0.05, 0.1) is 24.7 Å². The van der Waals surface area contributed by atoms with Crippen molar-refractivity contribution in [3.8, 4) is 6.07 Å². The Bertz CT molecular complexity index is 971. The van der Waals surface area contributed by atoms with Crippen molar-refractivity contribution in [3.05, 3.63) is 53.3 Å². The molecule has 29 heavy (non-hydrogen) atoms. The second kappa shape index (κ2) is 7.68. The largest absolute Gasteiger partial charge is 0.371 e. The highest BCUT2D eigenvalue weighted by Crippen LogP contribution is 2.42. The molecule has 0 aliphatic carbocycles. The molecule has 1 N–H and O–H groups in total. The summed E-state index contributed by atoms with van der Waals surface area (Å²) in [5, 5.41) is 16.0. The fourth-order valence-corrected chi connectivity index (χ4v) is 4.24. The number of benzene rings is 1. The summed E-state index contributed by atoms with van der Waals surface area (Å²) >= 11 is 0. The van der Waals surface area contributed by atoms with E-state index in [4.69, 9.17) is 10.00 Å². The standard InChI is InChI=1S/C21H23N5O3/c1-25-18(6-9-24-25)19(27)23-8-5-17-7-10-29-21(17)13-26(14-21)20(28)16-4-2-3-15(11-16)12-22/h2-4,6,9,11,17H,5,7-8,10,13-14H2,1H3,(H,23,27). The zero-order valence-corrected chi connectivity index (χ0v) is 16.3. The predicted octanol–water partition coefficient (Wildman–Crippen LogP) is 1.34. The molecule has 1 atom stereocenters. The lowest BCUT2D eigenvalue weighted by atomic mass is 9.78. The third-order valence-electron chi connectivity index (χ3n) is 5.87. The van der Waals surface area contributed by atoms with Crippen LogP contribution in [0.2, 0.25) is 0 Å². The SMILES string of the molecule is Cn1nccc1C(=O)NCCC1CCOC12CN(C(=O)c1cccc(C#N)c1)C2. The Labute approximate surface area is 169 Å². The van der Waals surface area contributed by atoms with E-state index in [0.717, 1.165) is 12.8 Å². The molecule has 1 unspecified atom stereocenters. The highest BCUT2D eigenvalue weighted by molar-refractivity contribution is 5.95. The molecule has 0 radical (unpaired) electrons. The van der Waals surface area contributed by atoms with Crippen LogP contribution in [-0.4, -0.2) is 58.3 Å². The Morgan fingerprint density at radius 1 is 1.38 bits per heavy atom. The van der Waals surface area contributed by atoms with Gasteiger partial charge in [0.15, 0.2) is 0 Å². The molecule has 2 amide bonds. The first-order chi connectivity index (χ1) is 14.0. The fourth-order valence-electron chi connectivity index (χ4n) is 4.24. The van der Waals surface area contributed by atoms with Gasteiger partial charge in [0.1, 0.15) is 11.3 Å². The summed E-state index contributed by atoms with van der Waals surface area (Å²) < 4.78 is 7.57. The van der Waals surface area contributed by atoms with Crippen LogP contribution in [0.15, 0.2) is 36.5 Å². The van der Waals surface area contributed by atoms with Crippen LogP contribution in [0.1, 0.15) is 39.3 Å². The first-order valence-electron chi connectivity index (χ1n) is 9.72. The van der Waals surface area contributed by atoms with Crippen LogP contribution in [0, 0.1) is 17.2 Å². The molecule has 8 heteroatoms. The van der Waals surface area contributed by atoms with Gasteiger partial charge in [-0.1, -0.05) is 6.07 Å². The van der Waals surface area contributed by atoms with Crippen molar-refractivity contribution in [2.75, 3.05) is 26.2 Å². The van der Waals surface area contributed by atoms with Crippen LogP contribution >= 0.6 is 0 Å². The van der Waals surface area contributed by atoms with Crippen LogP contribution < -0.4 is 5.32 Å². The van der Waals surface area contributed by atoms with Gasteiger partial charge in [0, 0.05) is 32.0 Å². The number of likely N-dealkylation sites (tertiary alicyclic amines) is 1. The number of nitrogens with zero attached hydrogens (tertiary/aromatic N) is 4. The van der Waals surface area contributed by atoms with Gasteiger partial charge in [0.2, 0.25) is 0 Å². The Hall–Kier alpha value is -3.18. The molecule has 2 aliphatic heterocycles. The quantitative estimate of drug-likeness (QED) is 0.826. The Balaban J connectivity index is 1.31. The molecule has 0 bridgehead atoms. The van der Waals surface area contributed by atoms with Gasteiger partial charge >= 0.3 is 0 Å². The lowest BCUT2D eigenvalue weighted by Crippen LogP contribution is -2.66. The smallest absolute Gasteiger partial charge is 0.269 e. The number of hydrogen-bond donors (Lipinski definition) is 1. The van der Waals surface area contributed by atoms with E-state index in [9.17, 15) is 9.59 Å². The normalized spacial score (nSPS) is 19.6. The summed E-state index contributed by atoms with van der Waals surface area (Å²) in [6, 6.07) is 10.5. The van der Waals surface area contributed by atoms with E-state index in [1.165, 1.54) is 0 Å². The van der Waals surface area contributed by atoms with Crippen molar-refractivity contribution in [2.24, 2.45) is 13.0 Å². The van der Waals surface area contributed by atoms with Crippen molar-refractivity contribution >= 4 is 11.8 Å². The van der Waals surface area contributed by atoms with Crippen molar-refractivity contribution in [1.29, 1.82) is 5.26 Å². The van der Waals surface area contributed by atoms with Crippen molar-refractivity contribution in [2.45, 2.75) is 18.4 Å². The zero-order chi connectivity index (χ0) is 20.4. The molecule has 1 spiro atoms. The maximum Gasteiger partial charge on any atom is 0.269 e. The van der Waals surface area contributed by atoms with Gasteiger partial charge < -0.3 is 15.0 Å². The van der Waals surface area contributed by atoms with E-state index in [1.54, 1.807) is 53.2 Å². The Morgan fingerprint density at radius 2 is 2.21 bits per heavy atom. The molecule has 1 aromatic heterocycles. The third-order valence-corrected chi connectivity index (χ3v) is 5.87. The first-order valence-corrected chi connectivity index (χ1v) is 9.72. The Morgan fingerprint density at radius 3 is 2.93 bits per heavy atom. The maximum atomic E-state index is 12.7. The van der Waals surface area contributed by atoms with Gasteiger partial charge in [-0.2, -0.15) is 10.4 Å². The fraction of sp³-hybridized carbons (Fsp3) is 0.429. The van der Waals surface area contributed by atoms with Crippen LogP contribution in [0.5, 0.6) is 0 Å². The molecule has 4 rings (SSSR count). The molecule has 2 aromatic rings. The summed E-state index contributed by atoms with van der Waals surface area (Å²) in [5.74, 6) is 0.0797. The lowest BCUT2D eigenvalue weighted by Gasteiger charge is -2.50. The molecule has 2 fully saturated rings. The van der Waals surface area contributed by atoms with E-state index in [-0.39, 0.29) is 17.4 Å². The summed E-state index contributed by atoms with van der Waals surface area (Å²) in [7, 11) is 1.74. The maximum absolute atomic E-state index is 12.7. The number of nitriles is 1. The first kappa shape index (κ1) is 19.2. The van der Waals surface area contributed by atoms with E-state index < -0.39 is 0 Å². The van der Waals surface area contributed by atoms with Gasteiger partial charge in [0.25, 0.3) is 11.8 Å². The van der Waals surface area contributed by atoms with Crippen LogP contribution in [0.25, 0.3) is 0 Å². The minimum atomic E-state index is -0.320. The molecule has 2 saturated heterocycles. The molecule has 0 saturated carbocycles. The van der Waals surface area contributed by atoms with E-state index in [0.29, 0.717) is 49.0 Å². The minimum Gasteiger partial charge on any atom is -0.371 e. The number of carbonyl (C=O) groups excluding carboxylic acids is 2. The number of carbonyl (C=O) groups is 2. The van der Waals surface area contributed by atoms with E-state index >= 15 is 0 Å². The predicted molar refractivity (Wildman–Crippen MR) is 104 cm³/mol. The highest BCUT2D eigenvalue weighted by Gasteiger charge is 2.54. The second-order valence-electron chi connectivity index (χ2n) is 7.64. The number of aromatic nitrogens is 2. The number of rotatable bonds is 5. The molecular weight excluding hydrogens is 370 g/mol. The van der Waals surface area contributed by atoms with Crippen LogP contribution in [0.3, 0.4) is 0 Å². The number of hydrogen-bond acceptors (Lipinski definition) is 5. The average molecular weight is 393 g/mol. The van der Waals surface area contributed by atoms with E-state index in [1.807, 2.05) is 0 Å². The van der Waals surface area contributed by atoms with Gasteiger partial charge in [-0.05, 0) is 43.0 Å². The van der Waals surface area contributed by atoms with Gasteiger partial charge in [-0.3, -0.25) is 14.3 Å². The number of amides is 2. The summed E-state index contributed by atoms with van der Waals surface area (Å²) in [4.78, 5) is 26.7. The second-order valence-corrected chi connectivity index (χ2v) is 7.64. The van der Waals surface area contributed by atoms with E-state index in [2.05, 4.69) is 16.5 Å². The monoisotopic (exact) mass is 393 g/mol. The summed E-state index contributed by atoms with van der Waals surface area (Å²) in [6.45, 7) is 2.32. The summed E-state index contributed by atoms with van der Waals surface area (Å²) in [5.41, 5.74) is 1.21. The Kier molecular flexibility index (Phi) is 5.07. The summed E-state index contributed by atoms with van der Waals surface area (Å²) in [6.07, 6.45) is 3.32. The number of aryl methyl sites for hydroxylation is 1. The molecule has 3 heterocycles. The molecule has 2 aliphatic rings. The van der Waals surface area contributed by atoms with Crippen molar-refractivity contribution < 1.29 is 14.3 Å². The van der Waals surface area contributed by atoms with Crippen molar-refractivity contribution in [3.63, 3.8) is 0 Å². The molecule has 150 valence electrons. The van der Waals surface area contributed by atoms with Crippen molar-refractivity contribution in [1.82, 2.24) is 20.0 Å². The number of ether oxygens (including phenoxy) is 1. The van der Waals surface area contributed by atoms with Crippen LogP contribution in [0.4, 0.5) is 0 Å². The average Bonchev–Trinajstić information content (AvgIpc) is 3.32. The van der Waals surface area contributed by atoms with Gasteiger partial charge in [-0.15, -0.1) is 0 Å². The minimum absolute atomic E-state index is 0.0773. The molecule has 1 aromatic carbocycles. The molecule has 8 nitrogen and oxygen atoms in total. The van der Waals surface area contributed by atoms with Gasteiger partial charge in [-0.25, -0.2) is 0 Å². The third kappa shape index (κ3) is 3.61.